The average Bonchev–Trinajstić information content (AvgIpc) is 2.71. The van der Waals surface area contributed by atoms with Crippen LogP contribution in [0.2, 0.25) is 0 Å². The van der Waals surface area contributed by atoms with Gasteiger partial charge in [0.15, 0.2) is 0 Å². The maximum atomic E-state index is 3.47. The molecule has 0 aromatic heterocycles. The minimum atomic E-state index is 0.812. The monoisotopic (exact) mass is 230 g/mol. The summed E-state index contributed by atoms with van der Waals surface area (Å²) in [5, 5.41) is 3.47. The van der Waals surface area contributed by atoms with Gasteiger partial charge in [0.1, 0.15) is 0 Å². The van der Waals surface area contributed by atoms with Gasteiger partial charge in [-0.15, -0.1) is 0 Å². The summed E-state index contributed by atoms with van der Waals surface area (Å²) in [7, 11) is 0. The van der Waals surface area contributed by atoms with Crippen molar-refractivity contribution < 1.29 is 0 Å². The summed E-state index contributed by atoms with van der Waals surface area (Å²) in [5.74, 6) is 2.19. The fourth-order valence-corrected chi connectivity index (χ4v) is 3.21. The first-order valence-corrected chi connectivity index (χ1v) is 7.64. The molecule has 0 bridgehead atoms. The molecule has 0 aromatic carbocycles. The first-order valence-electron chi connectivity index (χ1n) is 6.25. The van der Waals surface area contributed by atoms with Crippen LogP contribution in [0.1, 0.15) is 26.7 Å². The molecule has 0 radical (unpaired) electrons. The number of rotatable bonds is 7. The predicted molar refractivity (Wildman–Crippen MR) is 70.7 cm³/mol. The SMILES string of the molecule is CCNCC1CCN(C(CC)CSC)C1. The fraction of sp³-hybridized carbons (Fsp3) is 1.00. The molecule has 2 nitrogen and oxygen atoms in total. The van der Waals surface area contributed by atoms with Crippen LogP contribution in [-0.4, -0.2) is 49.1 Å². The Kier molecular flexibility index (Phi) is 6.69. The predicted octanol–water partition coefficient (Wildman–Crippen LogP) is 2.06. The van der Waals surface area contributed by atoms with Gasteiger partial charge in [0.2, 0.25) is 0 Å². The minimum Gasteiger partial charge on any atom is -0.317 e. The second kappa shape index (κ2) is 7.53. The lowest BCUT2D eigenvalue weighted by Gasteiger charge is -2.26. The lowest BCUT2D eigenvalue weighted by molar-refractivity contribution is 0.247. The highest BCUT2D eigenvalue weighted by atomic mass is 32.2. The molecule has 1 saturated heterocycles. The molecule has 0 amide bonds. The Labute approximate surface area is 99.2 Å². The van der Waals surface area contributed by atoms with Gasteiger partial charge in [-0.25, -0.2) is 0 Å². The second-order valence-corrected chi connectivity index (χ2v) is 5.39. The number of hydrogen-bond donors (Lipinski definition) is 1. The van der Waals surface area contributed by atoms with Gasteiger partial charge in [0, 0.05) is 18.3 Å². The molecule has 1 fully saturated rings. The van der Waals surface area contributed by atoms with Crippen molar-refractivity contribution >= 4 is 11.8 Å². The van der Waals surface area contributed by atoms with E-state index in [0.29, 0.717) is 0 Å². The number of likely N-dealkylation sites (tertiary alicyclic amines) is 1. The molecule has 0 aliphatic carbocycles. The van der Waals surface area contributed by atoms with Crippen molar-refractivity contribution in [3.63, 3.8) is 0 Å². The van der Waals surface area contributed by atoms with Crippen LogP contribution in [0.15, 0.2) is 0 Å². The molecule has 15 heavy (non-hydrogen) atoms. The highest BCUT2D eigenvalue weighted by Gasteiger charge is 2.26. The summed E-state index contributed by atoms with van der Waals surface area (Å²) in [5.41, 5.74) is 0. The quantitative estimate of drug-likeness (QED) is 0.721. The van der Waals surface area contributed by atoms with Crippen LogP contribution >= 0.6 is 11.8 Å². The normalized spacial score (nSPS) is 24.6. The maximum Gasteiger partial charge on any atom is 0.0183 e. The molecule has 1 heterocycles. The Hall–Kier alpha value is 0.270. The van der Waals surface area contributed by atoms with E-state index in [1.807, 2.05) is 11.8 Å². The third-order valence-electron chi connectivity index (χ3n) is 3.35. The summed E-state index contributed by atoms with van der Waals surface area (Å²) in [6, 6.07) is 0.812. The molecule has 2 unspecified atom stereocenters. The van der Waals surface area contributed by atoms with Crippen molar-refractivity contribution in [1.82, 2.24) is 10.2 Å². The molecule has 0 saturated carbocycles. The van der Waals surface area contributed by atoms with Gasteiger partial charge >= 0.3 is 0 Å². The summed E-state index contributed by atoms with van der Waals surface area (Å²) >= 11 is 1.98. The van der Waals surface area contributed by atoms with E-state index in [1.165, 1.54) is 38.2 Å². The van der Waals surface area contributed by atoms with Gasteiger partial charge < -0.3 is 5.32 Å². The highest BCUT2D eigenvalue weighted by Crippen LogP contribution is 2.21. The number of hydrogen-bond acceptors (Lipinski definition) is 3. The van der Waals surface area contributed by atoms with Crippen LogP contribution in [0.25, 0.3) is 0 Å². The van der Waals surface area contributed by atoms with E-state index in [9.17, 15) is 0 Å². The Morgan fingerprint density at radius 2 is 2.27 bits per heavy atom. The van der Waals surface area contributed by atoms with Gasteiger partial charge in [0.25, 0.3) is 0 Å². The van der Waals surface area contributed by atoms with Crippen molar-refractivity contribution in [3.05, 3.63) is 0 Å². The van der Waals surface area contributed by atoms with Crippen molar-refractivity contribution in [1.29, 1.82) is 0 Å². The lowest BCUT2D eigenvalue weighted by Crippen LogP contribution is -2.35. The van der Waals surface area contributed by atoms with Gasteiger partial charge in [-0.1, -0.05) is 13.8 Å². The van der Waals surface area contributed by atoms with Crippen LogP contribution in [0.5, 0.6) is 0 Å². The molecule has 3 heteroatoms. The van der Waals surface area contributed by atoms with Gasteiger partial charge in [-0.3, -0.25) is 4.90 Å². The summed E-state index contributed by atoms with van der Waals surface area (Å²) in [4.78, 5) is 2.69. The number of nitrogens with zero attached hydrogens (tertiary/aromatic N) is 1. The largest absolute Gasteiger partial charge is 0.317 e. The minimum absolute atomic E-state index is 0.812. The van der Waals surface area contributed by atoms with Crippen LogP contribution < -0.4 is 5.32 Å². The molecule has 90 valence electrons. The number of nitrogens with one attached hydrogen (secondary N) is 1. The first kappa shape index (κ1) is 13.3. The smallest absolute Gasteiger partial charge is 0.0183 e. The Morgan fingerprint density at radius 1 is 1.47 bits per heavy atom. The third kappa shape index (κ3) is 4.33. The third-order valence-corrected chi connectivity index (χ3v) is 4.07. The van der Waals surface area contributed by atoms with E-state index in [-0.39, 0.29) is 0 Å². The second-order valence-electron chi connectivity index (χ2n) is 4.47. The molecule has 1 N–H and O–H groups in total. The lowest BCUT2D eigenvalue weighted by atomic mass is 10.1. The summed E-state index contributed by atoms with van der Waals surface area (Å²) in [6.45, 7) is 9.45. The standard InChI is InChI=1S/C12H26N2S/c1-4-12(10-15-3)14-7-6-11(9-14)8-13-5-2/h11-13H,4-10H2,1-3H3. The molecule has 0 aromatic rings. The molecule has 0 spiro atoms. The van der Waals surface area contributed by atoms with Crippen molar-refractivity contribution in [2.75, 3.05) is 38.2 Å². The summed E-state index contributed by atoms with van der Waals surface area (Å²) in [6.07, 6.45) is 4.90. The van der Waals surface area contributed by atoms with E-state index in [4.69, 9.17) is 0 Å². The average molecular weight is 230 g/mol. The molecule has 1 aliphatic rings. The van der Waals surface area contributed by atoms with Gasteiger partial charge in [-0.05, 0) is 44.6 Å². The zero-order chi connectivity index (χ0) is 11.1. The van der Waals surface area contributed by atoms with E-state index in [2.05, 4.69) is 30.3 Å². The topological polar surface area (TPSA) is 15.3 Å². The number of thioether (sulfide) groups is 1. The van der Waals surface area contributed by atoms with E-state index >= 15 is 0 Å². The van der Waals surface area contributed by atoms with Gasteiger partial charge in [-0.2, -0.15) is 11.8 Å². The van der Waals surface area contributed by atoms with Crippen molar-refractivity contribution in [2.45, 2.75) is 32.7 Å². The van der Waals surface area contributed by atoms with Crippen LogP contribution in [-0.2, 0) is 0 Å². The van der Waals surface area contributed by atoms with Crippen LogP contribution in [0.3, 0.4) is 0 Å². The van der Waals surface area contributed by atoms with E-state index in [1.54, 1.807) is 0 Å². The Morgan fingerprint density at radius 3 is 2.87 bits per heavy atom. The zero-order valence-corrected chi connectivity index (χ0v) is 11.3. The van der Waals surface area contributed by atoms with Crippen LogP contribution in [0, 0.1) is 5.92 Å². The Bertz CT molecular complexity index is 164. The Balaban J connectivity index is 2.27. The molecule has 1 rings (SSSR count). The van der Waals surface area contributed by atoms with Crippen molar-refractivity contribution in [3.8, 4) is 0 Å². The van der Waals surface area contributed by atoms with Gasteiger partial charge in [0.05, 0.1) is 0 Å². The van der Waals surface area contributed by atoms with Crippen LogP contribution in [0.4, 0.5) is 0 Å². The molecule has 1 aliphatic heterocycles. The van der Waals surface area contributed by atoms with Crippen molar-refractivity contribution in [2.24, 2.45) is 5.92 Å². The highest BCUT2D eigenvalue weighted by molar-refractivity contribution is 7.98. The molecule has 2 atom stereocenters. The maximum absolute atomic E-state index is 3.47. The van der Waals surface area contributed by atoms with E-state index < -0.39 is 0 Å². The molecular formula is C12H26N2S. The summed E-state index contributed by atoms with van der Waals surface area (Å²) < 4.78 is 0. The molecular weight excluding hydrogens is 204 g/mol. The zero-order valence-electron chi connectivity index (χ0n) is 10.5. The fourth-order valence-electron chi connectivity index (χ4n) is 2.38. The van der Waals surface area contributed by atoms with E-state index in [0.717, 1.165) is 18.5 Å². The first-order chi connectivity index (χ1) is 7.31.